The van der Waals surface area contributed by atoms with Gasteiger partial charge in [-0.1, -0.05) is 82.6 Å². The van der Waals surface area contributed by atoms with Gasteiger partial charge in [0.2, 0.25) is 5.91 Å². The van der Waals surface area contributed by atoms with Crippen LogP contribution in [0.4, 0.5) is 4.79 Å². The summed E-state index contributed by atoms with van der Waals surface area (Å²) >= 11 is 0. The van der Waals surface area contributed by atoms with E-state index in [9.17, 15) is 19.5 Å². The van der Waals surface area contributed by atoms with E-state index >= 15 is 0 Å². The lowest BCUT2D eigenvalue weighted by atomic mass is 9.95. The van der Waals surface area contributed by atoms with Gasteiger partial charge in [-0.3, -0.25) is 9.59 Å². The van der Waals surface area contributed by atoms with Crippen molar-refractivity contribution in [2.45, 2.75) is 52.5 Å². The van der Waals surface area contributed by atoms with Crippen LogP contribution in [0, 0.1) is 5.41 Å². The van der Waals surface area contributed by atoms with Crippen LogP contribution < -0.4 is 5.32 Å². The van der Waals surface area contributed by atoms with Gasteiger partial charge in [0.15, 0.2) is 0 Å². The van der Waals surface area contributed by atoms with Crippen LogP contribution >= 0.6 is 0 Å². The van der Waals surface area contributed by atoms with Gasteiger partial charge >= 0.3 is 12.1 Å². The zero-order chi connectivity index (χ0) is 24.9. The van der Waals surface area contributed by atoms with E-state index in [1.807, 2.05) is 64.1 Å². The van der Waals surface area contributed by atoms with E-state index < -0.39 is 30.6 Å². The van der Waals surface area contributed by atoms with E-state index in [1.165, 1.54) is 4.90 Å². The maximum absolute atomic E-state index is 13.2. The first kappa shape index (κ1) is 25.3. The molecular formula is C27H34N2O5. The Morgan fingerprint density at radius 2 is 1.59 bits per heavy atom. The van der Waals surface area contributed by atoms with E-state index in [0.29, 0.717) is 12.8 Å². The predicted molar refractivity (Wildman–Crippen MR) is 131 cm³/mol. The smallest absolute Gasteiger partial charge is 0.407 e. The van der Waals surface area contributed by atoms with Gasteiger partial charge in [-0.15, -0.1) is 0 Å². The summed E-state index contributed by atoms with van der Waals surface area (Å²) in [4.78, 5) is 38.5. The molecule has 2 amide bonds. The zero-order valence-electron chi connectivity index (χ0n) is 20.3. The number of hydrogen-bond donors (Lipinski definition) is 2. The summed E-state index contributed by atoms with van der Waals surface area (Å²) in [5.74, 6) is -1.58. The number of alkyl carbamates (subject to hydrolysis) is 1. The second-order valence-corrected chi connectivity index (χ2v) is 9.96. The number of fused-ring (bicyclic) bond motifs is 3. The van der Waals surface area contributed by atoms with E-state index in [4.69, 9.17) is 4.74 Å². The lowest BCUT2D eigenvalue weighted by Gasteiger charge is -2.31. The quantitative estimate of drug-likeness (QED) is 0.561. The van der Waals surface area contributed by atoms with Gasteiger partial charge in [-0.2, -0.15) is 0 Å². The highest BCUT2D eigenvalue weighted by Crippen LogP contribution is 2.44. The summed E-state index contributed by atoms with van der Waals surface area (Å²) in [6, 6.07) is 15.3. The van der Waals surface area contributed by atoms with Crippen LogP contribution in [0.15, 0.2) is 48.5 Å². The van der Waals surface area contributed by atoms with E-state index in [2.05, 4.69) is 17.4 Å². The molecule has 1 aliphatic rings. The molecule has 7 nitrogen and oxygen atoms in total. The van der Waals surface area contributed by atoms with E-state index in [1.54, 1.807) is 0 Å². The first-order valence-electron chi connectivity index (χ1n) is 11.7. The lowest BCUT2D eigenvalue weighted by Crippen LogP contribution is -2.52. The molecule has 0 saturated carbocycles. The Morgan fingerprint density at radius 1 is 1.03 bits per heavy atom. The van der Waals surface area contributed by atoms with Gasteiger partial charge in [0.05, 0.1) is 0 Å². The summed E-state index contributed by atoms with van der Waals surface area (Å²) in [6.45, 7) is 7.71. The van der Waals surface area contributed by atoms with Crippen molar-refractivity contribution in [2.24, 2.45) is 5.41 Å². The lowest BCUT2D eigenvalue weighted by molar-refractivity contribution is -0.146. The fraction of sp³-hybridized carbons (Fsp3) is 0.444. The fourth-order valence-electron chi connectivity index (χ4n) is 4.50. The van der Waals surface area contributed by atoms with Gasteiger partial charge in [0.1, 0.15) is 19.2 Å². The van der Waals surface area contributed by atoms with Crippen molar-refractivity contribution in [2.75, 3.05) is 19.7 Å². The summed E-state index contributed by atoms with van der Waals surface area (Å²) in [6.07, 6.45) is 0.361. The van der Waals surface area contributed by atoms with Crippen LogP contribution in [0.3, 0.4) is 0 Å². The van der Waals surface area contributed by atoms with Crippen LogP contribution in [0.5, 0.6) is 0 Å². The molecule has 0 heterocycles. The second-order valence-electron chi connectivity index (χ2n) is 9.96. The number of carboxylic acids is 1. The molecule has 0 unspecified atom stereocenters. The Bertz CT molecular complexity index is 998. The number of carbonyl (C=O) groups is 3. The normalized spacial score (nSPS) is 13.5. The molecule has 2 aromatic rings. The number of ether oxygens (including phenoxy) is 1. The van der Waals surface area contributed by atoms with Gasteiger partial charge in [0.25, 0.3) is 0 Å². The van der Waals surface area contributed by atoms with Crippen molar-refractivity contribution in [3.05, 3.63) is 59.7 Å². The molecule has 0 radical (unpaired) electrons. The number of nitrogens with one attached hydrogen (secondary N) is 1. The minimum absolute atomic E-state index is 0.0807. The van der Waals surface area contributed by atoms with Gasteiger partial charge in [-0.05, 0) is 34.1 Å². The monoisotopic (exact) mass is 466 g/mol. The van der Waals surface area contributed by atoms with Gasteiger partial charge < -0.3 is 20.1 Å². The Labute approximate surface area is 201 Å². The average molecular weight is 467 g/mol. The maximum Gasteiger partial charge on any atom is 0.407 e. The molecule has 0 aliphatic heterocycles. The molecule has 1 atom stereocenters. The number of nitrogens with zero attached hydrogens (tertiary/aromatic N) is 1. The molecule has 7 heteroatoms. The molecule has 2 aromatic carbocycles. The van der Waals surface area contributed by atoms with Crippen molar-refractivity contribution in [3.63, 3.8) is 0 Å². The van der Waals surface area contributed by atoms with Crippen LogP contribution in [-0.2, 0) is 14.3 Å². The first-order valence-corrected chi connectivity index (χ1v) is 11.7. The minimum Gasteiger partial charge on any atom is -0.480 e. The molecular weight excluding hydrogens is 432 g/mol. The van der Waals surface area contributed by atoms with Crippen molar-refractivity contribution < 1.29 is 24.2 Å². The van der Waals surface area contributed by atoms with Crippen molar-refractivity contribution in [1.29, 1.82) is 0 Å². The molecule has 2 N–H and O–H groups in total. The minimum atomic E-state index is -1.09. The molecule has 0 bridgehead atoms. The maximum atomic E-state index is 13.2. The van der Waals surface area contributed by atoms with Crippen LogP contribution in [0.2, 0.25) is 0 Å². The highest BCUT2D eigenvalue weighted by atomic mass is 16.5. The standard InChI is InChI=1S/C27H34N2O5/c1-5-10-23(25(32)29(15-24(30)31)17-27(2,3)4)28-26(33)34-16-22-20-13-8-6-11-18(20)19-12-7-9-14-21(19)22/h6-9,11-14,22-23H,5,10,15-17H2,1-4H3,(H,28,33)(H,30,31)/t23-/m0/s1. The van der Waals surface area contributed by atoms with Crippen molar-refractivity contribution in [3.8, 4) is 11.1 Å². The molecule has 34 heavy (non-hydrogen) atoms. The van der Waals surface area contributed by atoms with Crippen LogP contribution in [0.25, 0.3) is 11.1 Å². The largest absolute Gasteiger partial charge is 0.480 e. The van der Waals surface area contributed by atoms with Crippen molar-refractivity contribution in [1.82, 2.24) is 10.2 Å². The molecule has 3 rings (SSSR count). The third-order valence-corrected chi connectivity index (χ3v) is 5.81. The van der Waals surface area contributed by atoms with E-state index in [-0.39, 0.29) is 24.5 Å². The molecule has 0 aromatic heterocycles. The summed E-state index contributed by atoms with van der Waals surface area (Å²) in [5, 5.41) is 12.0. The SMILES string of the molecule is CCC[C@H](NC(=O)OCC1c2ccccc2-c2ccccc21)C(=O)N(CC(=O)O)CC(C)(C)C. The highest BCUT2D eigenvalue weighted by Gasteiger charge is 2.32. The number of benzene rings is 2. The Hall–Kier alpha value is -3.35. The number of hydrogen-bond acceptors (Lipinski definition) is 4. The van der Waals surface area contributed by atoms with Crippen LogP contribution in [-0.4, -0.2) is 53.7 Å². The second kappa shape index (κ2) is 10.7. The number of carboxylic acid groups (broad SMARTS) is 1. The molecule has 0 saturated heterocycles. The summed E-state index contributed by atoms with van der Waals surface area (Å²) in [5.41, 5.74) is 4.20. The third-order valence-electron chi connectivity index (χ3n) is 5.81. The van der Waals surface area contributed by atoms with Gasteiger partial charge in [-0.25, -0.2) is 4.79 Å². The first-order chi connectivity index (χ1) is 16.1. The van der Waals surface area contributed by atoms with E-state index in [0.717, 1.165) is 22.3 Å². The molecule has 0 fully saturated rings. The Kier molecular flexibility index (Phi) is 7.97. The molecule has 182 valence electrons. The number of rotatable bonds is 9. The van der Waals surface area contributed by atoms with Gasteiger partial charge in [0, 0.05) is 12.5 Å². The number of carbonyl (C=O) groups excluding carboxylic acids is 2. The van der Waals surface area contributed by atoms with Crippen LogP contribution in [0.1, 0.15) is 57.6 Å². The fourth-order valence-corrected chi connectivity index (χ4v) is 4.50. The average Bonchev–Trinajstić information content (AvgIpc) is 3.09. The Morgan fingerprint density at radius 3 is 2.09 bits per heavy atom. The molecule has 0 spiro atoms. The molecule has 1 aliphatic carbocycles. The topological polar surface area (TPSA) is 95.9 Å². The number of aliphatic carboxylic acids is 1. The Balaban J connectivity index is 1.69. The third kappa shape index (κ3) is 6.16. The van der Waals surface area contributed by atoms with Crippen molar-refractivity contribution >= 4 is 18.0 Å². The predicted octanol–water partition coefficient (Wildman–Crippen LogP) is 4.65. The summed E-state index contributed by atoms with van der Waals surface area (Å²) in [7, 11) is 0. The summed E-state index contributed by atoms with van der Waals surface area (Å²) < 4.78 is 5.59. The number of amides is 2. The zero-order valence-corrected chi connectivity index (χ0v) is 20.3. The highest BCUT2D eigenvalue weighted by molar-refractivity contribution is 5.88.